The fourth-order valence-corrected chi connectivity index (χ4v) is 3.58. The van der Waals surface area contributed by atoms with E-state index in [1.165, 1.54) is 6.07 Å². The molecule has 2 aromatic rings. The van der Waals surface area contributed by atoms with E-state index in [0.717, 1.165) is 43.7 Å². The average molecular weight is 421 g/mol. The second kappa shape index (κ2) is 11.3. The van der Waals surface area contributed by atoms with Crippen LogP contribution in [-0.4, -0.2) is 29.3 Å². The summed E-state index contributed by atoms with van der Waals surface area (Å²) in [5.41, 5.74) is 2.51. The average Bonchev–Trinajstić information content (AvgIpc) is 3.13. The summed E-state index contributed by atoms with van der Waals surface area (Å²) >= 11 is 0. The molecular weight excluding hydrogens is 392 g/mol. The largest absolute Gasteiger partial charge is 0.453 e. The van der Waals surface area contributed by atoms with E-state index in [-0.39, 0.29) is 6.29 Å². The van der Waals surface area contributed by atoms with Crippen molar-refractivity contribution in [3.05, 3.63) is 53.4 Å². The predicted molar refractivity (Wildman–Crippen MR) is 116 cm³/mol. The Hall–Kier alpha value is -3.13. The van der Waals surface area contributed by atoms with Gasteiger partial charge in [-0.1, -0.05) is 13.0 Å². The molecule has 162 valence electrons. The molecule has 1 aromatic heterocycles. The minimum atomic E-state index is -0.0918. The number of hydrogen-bond donors (Lipinski definition) is 0. The number of aromatic nitrogens is 2. The number of nitrogens with zero attached hydrogens (tertiary/aromatic N) is 4. The lowest BCUT2D eigenvalue weighted by atomic mass is 10.1. The lowest BCUT2D eigenvalue weighted by Crippen LogP contribution is -2.23. The van der Waals surface area contributed by atoms with Crippen molar-refractivity contribution in [2.45, 2.75) is 58.3 Å². The summed E-state index contributed by atoms with van der Waals surface area (Å²) < 4.78 is 19.6. The Bertz CT molecular complexity index is 946. The zero-order valence-corrected chi connectivity index (χ0v) is 18.0. The number of allylic oxidation sites excluding steroid dienone is 1. The van der Waals surface area contributed by atoms with E-state index in [1.807, 2.05) is 17.7 Å². The number of nitriles is 2. The number of hydrogen-bond acceptors (Lipinski definition) is 6. The monoisotopic (exact) mass is 420 g/mol. The molecule has 31 heavy (non-hydrogen) atoms. The molecule has 0 saturated carbocycles. The van der Waals surface area contributed by atoms with Crippen LogP contribution in [0, 0.1) is 22.7 Å². The molecule has 0 spiro atoms. The highest BCUT2D eigenvalue weighted by molar-refractivity contribution is 5.48. The fraction of sp³-hybridized carbons (Fsp3) is 0.458. The van der Waals surface area contributed by atoms with Crippen molar-refractivity contribution in [3.8, 4) is 23.6 Å². The number of benzene rings is 1. The fourth-order valence-electron chi connectivity index (χ4n) is 3.58. The Kier molecular flexibility index (Phi) is 8.23. The first-order valence-corrected chi connectivity index (χ1v) is 10.7. The smallest absolute Gasteiger partial charge is 0.171 e. The van der Waals surface area contributed by atoms with E-state index in [2.05, 4.69) is 18.7 Å². The van der Waals surface area contributed by atoms with Crippen LogP contribution in [0.25, 0.3) is 0 Å². The van der Waals surface area contributed by atoms with Crippen LogP contribution in [0.4, 0.5) is 0 Å². The van der Waals surface area contributed by atoms with Gasteiger partial charge in [-0.25, -0.2) is 0 Å². The van der Waals surface area contributed by atoms with Crippen LogP contribution in [0.15, 0.2) is 30.9 Å². The zero-order chi connectivity index (χ0) is 22.1. The molecular formula is C24H28N4O3. The zero-order valence-electron chi connectivity index (χ0n) is 18.0. The highest BCUT2D eigenvalue weighted by atomic mass is 16.7. The van der Waals surface area contributed by atoms with Crippen molar-refractivity contribution in [2.75, 3.05) is 13.2 Å². The van der Waals surface area contributed by atoms with E-state index < -0.39 is 0 Å². The van der Waals surface area contributed by atoms with Crippen molar-refractivity contribution in [2.24, 2.45) is 0 Å². The summed E-state index contributed by atoms with van der Waals surface area (Å²) in [7, 11) is 0. The van der Waals surface area contributed by atoms with Gasteiger partial charge in [0.25, 0.3) is 0 Å². The van der Waals surface area contributed by atoms with Crippen molar-refractivity contribution in [1.29, 1.82) is 10.5 Å². The van der Waals surface area contributed by atoms with Gasteiger partial charge in [-0.15, -0.1) is 6.58 Å². The molecule has 7 nitrogen and oxygen atoms in total. The lowest BCUT2D eigenvalue weighted by molar-refractivity contribution is -0.163. The maximum Gasteiger partial charge on any atom is 0.171 e. The molecule has 3 rings (SSSR count). The van der Waals surface area contributed by atoms with Crippen LogP contribution < -0.4 is 4.74 Å². The molecule has 0 radical (unpaired) electrons. The molecule has 1 aliphatic rings. The Morgan fingerprint density at radius 3 is 2.65 bits per heavy atom. The first kappa shape index (κ1) is 22.6. The standard InChI is InChI=1S/C24H28N4O3/c1-3-8-22-24(31-20-14-18(16-25)13-19(15-20)17-26)21(4-2)27-28(22)10-7-12-30-23-9-5-6-11-29-23/h3,13-15,23H,1,4-12H2,2H3. The summed E-state index contributed by atoms with van der Waals surface area (Å²) in [6.07, 6.45) is 7.02. The summed E-state index contributed by atoms with van der Waals surface area (Å²) in [6, 6.07) is 8.94. The Morgan fingerprint density at radius 2 is 2.03 bits per heavy atom. The van der Waals surface area contributed by atoms with Crippen LogP contribution in [0.5, 0.6) is 11.5 Å². The Labute approximate surface area is 183 Å². The normalized spacial score (nSPS) is 15.8. The van der Waals surface area contributed by atoms with Crippen LogP contribution in [0.2, 0.25) is 0 Å². The van der Waals surface area contributed by atoms with Crippen LogP contribution >= 0.6 is 0 Å². The predicted octanol–water partition coefficient (Wildman–Crippen LogP) is 4.64. The summed E-state index contributed by atoms with van der Waals surface area (Å²) in [6.45, 7) is 7.95. The van der Waals surface area contributed by atoms with Gasteiger partial charge in [-0.05, 0) is 50.3 Å². The minimum absolute atomic E-state index is 0.0918. The molecule has 0 bridgehead atoms. The molecule has 1 aliphatic heterocycles. The molecule has 0 N–H and O–H groups in total. The third-order valence-corrected chi connectivity index (χ3v) is 5.09. The van der Waals surface area contributed by atoms with Gasteiger partial charge >= 0.3 is 0 Å². The quantitative estimate of drug-likeness (QED) is 0.410. The van der Waals surface area contributed by atoms with Crippen molar-refractivity contribution >= 4 is 0 Å². The molecule has 1 unspecified atom stereocenters. The number of rotatable bonds is 10. The summed E-state index contributed by atoms with van der Waals surface area (Å²) in [4.78, 5) is 0. The molecule has 7 heteroatoms. The van der Waals surface area contributed by atoms with Gasteiger partial charge in [0, 0.05) is 19.6 Å². The maximum atomic E-state index is 9.24. The van der Waals surface area contributed by atoms with Crippen molar-refractivity contribution < 1.29 is 14.2 Å². The molecule has 1 aromatic carbocycles. The lowest BCUT2D eigenvalue weighted by Gasteiger charge is -2.22. The highest BCUT2D eigenvalue weighted by Crippen LogP contribution is 2.32. The third-order valence-electron chi connectivity index (χ3n) is 5.09. The molecule has 1 fully saturated rings. The van der Waals surface area contributed by atoms with Gasteiger partial charge in [-0.3, -0.25) is 4.68 Å². The van der Waals surface area contributed by atoms with Gasteiger partial charge in [0.2, 0.25) is 0 Å². The van der Waals surface area contributed by atoms with E-state index in [4.69, 9.17) is 19.3 Å². The number of ether oxygens (including phenoxy) is 3. The second-order valence-corrected chi connectivity index (χ2v) is 7.38. The topological polar surface area (TPSA) is 93.1 Å². The van der Waals surface area contributed by atoms with Crippen molar-refractivity contribution in [1.82, 2.24) is 9.78 Å². The summed E-state index contributed by atoms with van der Waals surface area (Å²) in [5.74, 6) is 1.12. The van der Waals surface area contributed by atoms with Crippen LogP contribution in [-0.2, 0) is 28.9 Å². The highest BCUT2D eigenvalue weighted by Gasteiger charge is 2.19. The molecule has 2 heterocycles. The summed E-state index contributed by atoms with van der Waals surface area (Å²) in [5, 5.41) is 23.2. The first-order valence-electron chi connectivity index (χ1n) is 10.7. The Balaban J connectivity index is 1.75. The minimum Gasteiger partial charge on any atom is -0.453 e. The van der Waals surface area contributed by atoms with Gasteiger partial charge in [0.05, 0.1) is 35.6 Å². The molecule has 0 aliphatic carbocycles. The van der Waals surface area contributed by atoms with Gasteiger partial charge in [0.15, 0.2) is 12.0 Å². The van der Waals surface area contributed by atoms with Gasteiger partial charge < -0.3 is 14.2 Å². The van der Waals surface area contributed by atoms with E-state index in [1.54, 1.807) is 12.1 Å². The van der Waals surface area contributed by atoms with E-state index in [0.29, 0.717) is 48.6 Å². The number of aryl methyl sites for hydroxylation is 2. The van der Waals surface area contributed by atoms with Crippen LogP contribution in [0.1, 0.15) is 55.1 Å². The van der Waals surface area contributed by atoms with E-state index in [9.17, 15) is 10.5 Å². The first-order chi connectivity index (χ1) is 15.2. The third kappa shape index (κ3) is 5.95. The van der Waals surface area contributed by atoms with Crippen LogP contribution in [0.3, 0.4) is 0 Å². The SMILES string of the molecule is C=CCc1c(Oc2cc(C#N)cc(C#N)c2)c(CC)nn1CCCOC1CCCCO1. The van der Waals surface area contributed by atoms with Gasteiger partial charge in [-0.2, -0.15) is 15.6 Å². The van der Waals surface area contributed by atoms with E-state index >= 15 is 0 Å². The molecule has 1 atom stereocenters. The molecule has 1 saturated heterocycles. The molecule has 0 amide bonds. The van der Waals surface area contributed by atoms with Crippen molar-refractivity contribution in [3.63, 3.8) is 0 Å². The maximum absolute atomic E-state index is 9.24. The second-order valence-electron chi connectivity index (χ2n) is 7.38. The Morgan fingerprint density at radius 1 is 1.26 bits per heavy atom. The van der Waals surface area contributed by atoms with Gasteiger partial charge in [0.1, 0.15) is 11.4 Å².